The predicted octanol–water partition coefficient (Wildman–Crippen LogP) is 8.18. The van der Waals surface area contributed by atoms with E-state index in [2.05, 4.69) is 106 Å². The zero-order valence-electron chi connectivity index (χ0n) is 18.3. The molecule has 1 aliphatic carbocycles. The lowest BCUT2D eigenvalue weighted by atomic mass is 9.65. The summed E-state index contributed by atoms with van der Waals surface area (Å²) in [4.78, 5) is 1.42. The second kappa shape index (κ2) is 6.87. The summed E-state index contributed by atoms with van der Waals surface area (Å²) in [7, 11) is 0. The maximum absolute atomic E-state index is 2.41. The Bertz CT molecular complexity index is 1320. The van der Waals surface area contributed by atoms with Crippen molar-refractivity contribution in [3.8, 4) is 0 Å². The summed E-state index contributed by atoms with van der Waals surface area (Å²) in [6.45, 7) is 7.15. The molecule has 4 aromatic carbocycles. The normalized spacial score (nSPS) is 19.0. The fourth-order valence-electron chi connectivity index (χ4n) is 5.64. The summed E-state index contributed by atoms with van der Waals surface area (Å²) in [6, 6.07) is 31.6. The second-order valence-corrected chi connectivity index (χ2v) is 10.4. The Kier molecular flexibility index (Phi) is 4.20. The van der Waals surface area contributed by atoms with Crippen LogP contribution < -0.4 is 0 Å². The summed E-state index contributed by atoms with van der Waals surface area (Å²) in [5.41, 5.74) is 10.1. The molecular weight excluding hydrogens is 392 g/mol. The average molecular weight is 419 g/mol. The third-order valence-electron chi connectivity index (χ3n) is 7.15. The lowest BCUT2D eigenvalue weighted by Gasteiger charge is -2.39. The highest BCUT2D eigenvalue weighted by Gasteiger charge is 2.37. The average Bonchev–Trinajstić information content (AvgIpc) is 2.80. The van der Waals surface area contributed by atoms with Crippen LogP contribution in [0.15, 0.2) is 89.8 Å². The smallest absolute Gasteiger partial charge is 0.0158 e. The maximum Gasteiger partial charge on any atom is 0.0158 e. The molecule has 0 amide bonds. The number of allylic oxidation sites excluding steroid dienone is 1. The molecule has 0 nitrogen and oxygen atoms in total. The molecule has 0 saturated carbocycles. The van der Waals surface area contributed by atoms with Crippen LogP contribution in [0.1, 0.15) is 48.6 Å². The molecule has 0 fully saturated rings. The summed E-state index contributed by atoms with van der Waals surface area (Å²) in [5, 5.41) is 2.70. The van der Waals surface area contributed by atoms with Gasteiger partial charge in [-0.15, -0.1) is 11.8 Å². The van der Waals surface area contributed by atoms with Gasteiger partial charge in [-0.25, -0.2) is 0 Å². The van der Waals surface area contributed by atoms with Crippen LogP contribution >= 0.6 is 11.8 Å². The molecule has 1 heteroatoms. The van der Waals surface area contributed by atoms with Crippen molar-refractivity contribution in [2.24, 2.45) is 5.92 Å². The lowest BCUT2D eigenvalue weighted by Crippen LogP contribution is -2.27. The molecule has 0 spiro atoms. The van der Waals surface area contributed by atoms with E-state index in [1.165, 1.54) is 54.6 Å². The van der Waals surface area contributed by atoms with Crippen LogP contribution in [0.5, 0.6) is 0 Å². The minimum Gasteiger partial charge on any atom is -0.125 e. The summed E-state index contributed by atoms with van der Waals surface area (Å²) in [6.07, 6.45) is 0. The van der Waals surface area contributed by atoms with Gasteiger partial charge in [0.2, 0.25) is 0 Å². The van der Waals surface area contributed by atoms with Gasteiger partial charge in [-0.05, 0) is 61.7 Å². The zero-order valence-corrected chi connectivity index (χ0v) is 19.1. The molecule has 1 aliphatic heterocycles. The molecule has 1 heterocycles. The monoisotopic (exact) mass is 418 g/mol. The third kappa shape index (κ3) is 2.69. The first-order valence-corrected chi connectivity index (χ1v) is 12.1. The largest absolute Gasteiger partial charge is 0.125 e. The topological polar surface area (TPSA) is 0 Å². The quantitative estimate of drug-likeness (QED) is 0.277. The van der Waals surface area contributed by atoms with Gasteiger partial charge in [0.1, 0.15) is 0 Å². The highest BCUT2D eigenvalue weighted by molar-refractivity contribution is 7.99. The van der Waals surface area contributed by atoms with Crippen molar-refractivity contribution < 1.29 is 0 Å². The van der Waals surface area contributed by atoms with Gasteiger partial charge in [0.05, 0.1) is 0 Å². The molecular formula is C30H26S. The number of hydrogen-bond acceptors (Lipinski definition) is 1. The summed E-state index contributed by atoms with van der Waals surface area (Å²) in [5.74, 6) is 1.61. The Balaban J connectivity index is 1.81. The van der Waals surface area contributed by atoms with Crippen LogP contribution in [-0.2, 0) is 5.41 Å². The van der Waals surface area contributed by atoms with Gasteiger partial charge in [0.15, 0.2) is 0 Å². The first-order valence-electron chi connectivity index (χ1n) is 11.2. The van der Waals surface area contributed by atoms with E-state index in [4.69, 9.17) is 0 Å². The third-order valence-corrected chi connectivity index (χ3v) is 8.47. The number of thioether (sulfide) groups is 1. The molecule has 6 rings (SSSR count). The Morgan fingerprint density at radius 3 is 2.06 bits per heavy atom. The first-order chi connectivity index (χ1) is 15.1. The van der Waals surface area contributed by atoms with E-state index in [1.807, 2.05) is 11.8 Å². The van der Waals surface area contributed by atoms with Crippen LogP contribution in [0.25, 0.3) is 21.9 Å². The molecule has 2 aliphatic rings. The standard InChI is InChI=1S/C30H26S/c1-19-18-31-26-17-16-20-10-4-5-11-21(20)29(26)27(19)28-22-12-6-8-14-24(22)30(2,3)25-15-9-7-13-23(25)28/h4-17,19H,18H2,1-3H3/t19-/m0/s1. The number of fused-ring (bicyclic) bond motifs is 5. The number of benzene rings is 4. The summed E-state index contributed by atoms with van der Waals surface area (Å²) < 4.78 is 0. The number of rotatable bonds is 0. The Hall–Kier alpha value is -2.77. The molecule has 4 aromatic rings. The van der Waals surface area contributed by atoms with Gasteiger partial charge >= 0.3 is 0 Å². The first kappa shape index (κ1) is 19.0. The second-order valence-electron chi connectivity index (χ2n) is 9.38. The predicted molar refractivity (Wildman–Crippen MR) is 135 cm³/mol. The molecule has 31 heavy (non-hydrogen) atoms. The van der Waals surface area contributed by atoms with E-state index in [0.717, 1.165) is 5.75 Å². The van der Waals surface area contributed by atoms with Crippen molar-refractivity contribution in [1.29, 1.82) is 0 Å². The molecule has 0 aromatic heterocycles. The van der Waals surface area contributed by atoms with Crippen molar-refractivity contribution in [2.45, 2.75) is 31.1 Å². The Morgan fingerprint density at radius 1 is 0.742 bits per heavy atom. The molecule has 152 valence electrons. The van der Waals surface area contributed by atoms with Crippen LogP contribution in [-0.4, -0.2) is 5.75 Å². The minimum atomic E-state index is -0.00845. The zero-order chi connectivity index (χ0) is 21.2. The van der Waals surface area contributed by atoms with Crippen LogP contribution in [0.4, 0.5) is 0 Å². The van der Waals surface area contributed by atoms with Crippen molar-refractivity contribution in [3.63, 3.8) is 0 Å². The van der Waals surface area contributed by atoms with Crippen molar-refractivity contribution in [1.82, 2.24) is 0 Å². The van der Waals surface area contributed by atoms with E-state index in [-0.39, 0.29) is 5.41 Å². The molecule has 1 atom stereocenters. The maximum atomic E-state index is 2.41. The SMILES string of the molecule is C[C@H]1CSc2ccc3ccccc3c2C1=C1c2ccccc2C(C)(C)c2ccccc21. The van der Waals surface area contributed by atoms with E-state index in [9.17, 15) is 0 Å². The van der Waals surface area contributed by atoms with E-state index in [0.29, 0.717) is 5.92 Å². The van der Waals surface area contributed by atoms with Crippen molar-refractivity contribution in [2.75, 3.05) is 5.75 Å². The fourth-order valence-corrected chi connectivity index (χ4v) is 6.76. The highest BCUT2D eigenvalue weighted by atomic mass is 32.2. The number of hydrogen-bond donors (Lipinski definition) is 0. The van der Waals surface area contributed by atoms with Gasteiger partial charge in [-0.2, -0.15) is 0 Å². The van der Waals surface area contributed by atoms with E-state index < -0.39 is 0 Å². The Labute approximate surface area is 189 Å². The van der Waals surface area contributed by atoms with Gasteiger partial charge in [-0.3, -0.25) is 0 Å². The van der Waals surface area contributed by atoms with Crippen LogP contribution in [0, 0.1) is 5.92 Å². The summed E-state index contributed by atoms with van der Waals surface area (Å²) >= 11 is 2.01. The molecule has 0 radical (unpaired) electrons. The van der Waals surface area contributed by atoms with Gasteiger partial charge in [0, 0.05) is 16.1 Å². The van der Waals surface area contributed by atoms with E-state index >= 15 is 0 Å². The van der Waals surface area contributed by atoms with Gasteiger partial charge < -0.3 is 0 Å². The molecule has 0 saturated heterocycles. The Morgan fingerprint density at radius 2 is 1.35 bits per heavy atom. The van der Waals surface area contributed by atoms with Crippen LogP contribution in [0.2, 0.25) is 0 Å². The fraction of sp³-hybridized carbons (Fsp3) is 0.200. The molecule has 0 unspecified atom stereocenters. The van der Waals surface area contributed by atoms with Gasteiger partial charge in [0.25, 0.3) is 0 Å². The highest BCUT2D eigenvalue weighted by Crippen LogP contribution is 2.53. The van der Waals surface area contributed by atoms with Gasteiger partial charge in [-0.1, -0.05) is 99.6 Å². The minimum absolute atomic E-state index is 0.00845. The molecule has 0 bridgehead atoms. The molecule has 0 N–H and O–H groups in total. The lowest BCUT2D eigenvalue weighted by molar-refractivity contribution is 0.630. The van der Waals surface area contributed by atoms with Crippen molar-refractivity contribution in [3.05, 3.63) is 113 Å². The van der Waals surface area contributed by atoms with Crippen LogP contribution in [0.3, 0.4) is 0 Å². The van der Waals surface area contributed by atoms with E-state index in [1.54, 1.807) is 0 Å². The van der Waals surface area contributed by atoms with Crippen molar-refractivity contribution >= 4 is 33.7 Å².